The summed E-state index contributed by atoms with van der Waals surface area (Å²) in [6.07, 6.45) is 0.728. The summed E-state index contributed by atoms with van der Waals surface area (Å²) in [6.45, 7) is 2.00. The number of halogens is 1. The van der Waals surface area contributed by atoms with Crippen LogP contribution in [0.1, 0.15) is 11.5 Å². The molecule has 0 amide bonds. The van der Waals surface area contributed by atoms with Crippen molar-refractivity contribution in [2.75, 3.05) is 19.6 Å². The number of benzene rings is 1. The molecule has 1 atom stereocenters. The summed E-state index contributed by atoms with van der Waals surface area (Å²) in [5, 5.41) is 9.84. The fourth-order valence-corrected chi connectivity index (χ4v) is 2.03. The summed E-state index contributed by atoms with van der Waals surface area (Å²) < 4.78 is 0. The number of hydrogen-bond donors (Lipinski definition) is 1. The summed E-state index contributed by atoms with van der Waals surface area (Å²) in [7, 11) is 0. The summed E-state index contributed by atoms with van der Waals surface area (Å²) >= 11 is 5.79. The Bertz CT molecular complexity index is 360. The van der Waals surface area contributed by atoms with Gasteiger partial charge in [-0.1, -0.05) is 23.7 Å². The molecule has 86 valence electrons. The first kappa shape index (κ1) is 11.6. The van der Waals surface area contributed by atoms with Crippen LogP contribution in [-0.4, -0.2) is 42.0 Å². The highest BCUT2D eigenvalue weighted by Crippen LogP contribution is 2.20. The van der Waals surface area contributed by atoms with Crippen LogP contribution in [-0.2, 0) is 4.79 Å². The van der Waals surface area contributed by atoms with E-state index in [0.717, 1.165) is 11.8 Å². The molecule has 1 aromatic carbocycles. The third-order valence-corrected chi connectivity index (χ3v) is 3.11. The van der Waals surface area contributed by atoms with Crippen molar-refractivity contribution in [1.82, 2.24) is 4.90 Å². The van der Waals surface area contributed by atoms with Crippen molar-refractivity contribution in [3.8, 4) is 0 Å². The van der Waals surface area contributed by atoms with Crippen molar-refractivity contribution in [2.45, 2.75) is 12.0 Å². The Labute approximate surface area is 99.6 Å². The van der Waals surface area contributed by atoms with Crippen molar-refractivity contribution in [3.05, 3.63) is 34.9 Å². The maximum atomic E-state index is 11.0. The van der Waals surface area contributed by atoms with Gasteiger partial charge in [0.25, 0.3) is 0 Å². The molecular weight excluding hydrogens is 226 g/mol. The minimum Gasteiger partial charge on any atom is -0.390 e. The third-order valence-electron chi connectivity index (χ3n) is 2.86. The molecule has 1 unspecified atom stereocenters. The molecule has 0 radical (unpaired) electrons. The van der Waals surface area contributed by atoms with Gasteiger partial charge in [-0.05, 0) is 17.7 Å². The Morgan fingerprint density at radius 1 is 1.44 bits per heavy atom. The molecule has 1 saturated heterocycles. The van der Waals surface area contributed by atoms with Gasteiger partial charge in [-0.15, -0.1) is 0 Å². The monoisotopic (exact) mass is 239 g/mol. The number of β-amino-alcohol motifs (C(OH)–C–C–N with tert-alkyl or cyclic N) is 1. The highest BCUT2D eigenvalue weighted by atomic mass is 35.5. The van der Waals surface area contributed by atoms with E-state index in [9.17, 15) is 4.79 Å². The Morgan fingerprint density at radius 2 is 2.06 bits per heavy atom. The minimum absolute atomic E-state index is 0.134. The second kappa shape index (κ2) is 4.95. The average molecular weight is 240 g/mol. The highest BCUT2D eigenvalue weighted by molar-refractivity contribution is 6.30. The van der Waals surface area contributed by atoms with E-state index >= 15 is 0 Å². The molecule has 1 N–H and O–H groups in total. The molecule has 1 heterocycles. The lowest BCUT2D eigenvalue weighted by atomic mass is 9.98. The molecule has 0 aliphatic carbocycles. The van der Waals surface area contributed by atoms with Gasteiger partial charge in [-0.3, -0.25) is 4.90 Å². The molecule has 4 heteroatoms. The first-order valence-corrected chi connectivity index (χ1v) is 5.68. The van der Waals surface area contributed by atoms with Gasteiger partial charge in [-0.25, -0.2) is 0 Å². The van der Waals surface area contributed by atoms with Gasteiger partial charge in [0.05, 0.1) is 12.0 Å². The Kier molecular flexibility index (Phi) is 3.59. The third kappa shape index (κ3) is 2.61. The zero-order valence-electron chi connectivity index (χ0n) is 8.84. The largest absolute Gasteiger partial charge is 0.390 e. The Morgan fingerprint density at radius 3 is 2.56 bits per heavy atom. The van der Waals surface area contributed by atoms with Crippen molar-refractivity contribution in [3.63, 3.8) is 0 Å². The van der Waals surface area contributed by atoms with Crippen molar-refractivity contribution < 1.29 is 9.90 Å². The van der Waals surface area contributed by atoms with E-state index in [0.29, 0.717) is 24.7 Å². The van der Waals surface area contributed by atoms with Gasteiger partial charge >= 0.3 is 0 Å². The van der Waals surface area contributed by atoms with E-state index in [-0.39, 0.29) is 12.0 Å². The number of aliphatic hydroxyl groups excluding tert-OH is 1. The second-order valence-electron chi connectivity index (χ2n) is 4.17. The van der Waals surface area contributed by atoms with Gasteiger partial charge < -0.3 is 9.90 Å². The van der Waals surface area contributed by atoms with Gasteiger partial charge in [0, 0.05) is 24.7 Å². The Hall–Kier alpha value is -0.900. The van der Waals surface area contributed by atoms with Gasteiger partial charge in [-0.2, -0.15) is 0 Å². The lowest BCUT2D eigenvalue weighted by molar-refractivity contribution is -0.110. The lowest BCUT2D eigenvalue weighted by Crippen LogP contribution is -2.52. The molecule has 0 aromatic heterocycles. The number of likely N-dealkylation sites (tertiary alicyclic amines) is 1. The van der Waals surface area contributed by atoms with E-state index < -0.39 is 0 Å². The molecule has 16 heavy (non-hydrogen) atoms. The SMILES string of the molecule is O=CC(CN1CC(O)C1)c1ccc(Cl)cc1. The molecule has 0 bridgehead atoms. The van der Waals surface area contributed by atoms with Crippen LogP contribution in [0.4, 0.5) is 0 Å². The fraction of sp³-hybridized carbons (Fsp3) is 0.417. The van der Waals surface area contributed by atoms with Crippen LogP contribution in [0.2, 0.25) is 5.02 Å². The quantitative estimate of drug-likeness (QED) is 0.806. The number of aldehydes is 1. The minimum atomic E-state index is -0.225. The van der Waals surface area contributed by atoms with Gasteiger partial charge in [0.15, 0.2) is 0 Å². The number of carbonyl (C=O) groups is 1. The maximum absolute atomic E-state index is 11.0. The molecule has 1 aliphatic rings. The van der Waals surface area contributed by atoms with E-state index in [1.165, 1.54) is 0 Å². The van der Waals surface area contributed by atoms with Crippen LogP contribution in [0, 0.1) is 0 Å². The molecular formula is C12H14ClNO2. The molecule has 1 aliphatic heterocycles. The number of nitrogens with zero attached hydrogens (tertiary/aromatic N) is 1. The smallest absolute Gasteiger partial charge is 0.128 e. The van der Waals surface area contributed by atoms with Crippen LogP contribution >= 0.6 is 11.6 Å². The number of aliphatic hydroxyl groups is 1. The Balaban J connectivity index is 1.99. The lowest BCUT2D eigenvalue weighted by Gasteiger charge is -2.37. The first-order valence-electron chi connectivity index (χ1n) is 5.30. The van der Waals surface area contributed by atoms with Crippen molar-refractivity contribution >= 4 is 17.9 Å². The van der Waals surface area contributed by atoms with Crippen molar-refractivity contribution in [2.24, 2.45) is 0 Å². The van der Waals surface area contributed by atoms with Crippen LogP contribution < -0.4 is 0 Å². The predicted octanol–water partition coefficient (Wildman–Crippen LogP) is 1.30. The van der Waals surface area contributed by atoms with Crippen LogP contribution in [0.3, 0.4) is 0 Å². The summed E-state index contributed by atoms with van der Waals surface area (Å²) in [6, 6.07) is 7.33. The second-order valence-corrected chi connectivity index (χ2v) is 4.60. The highest BCUT2D eigenvalue weighted by Gasteiger charge is 2.26. The van der Waals surface area contributed by atoms with Crippen molar-refractivity contribution in [1.29, 1.82) is 0 Å². The topological polar surface area (TPSA) is 40.5 Å². The number of carbonyl (C=O) groups excluding carboxylic acids is 1. The molecule has 0 saturated carbocycles. The normalized spacial score (nSPS) is 19.1. The zero-order chi connectivity index (χ0) is 11.5. The van der Waals surface area contributed by atoms with E-state index in [1.54, 1.807) is 12.1 Å². The summed E-state index contributed by atoms with van der Waals surface area (Å²) in [5.74, 6) is -0.134. The average Bonchev–Trinajstić information content (AvgIpc) is 2.24. The molecule has 1 fully saturated rings. The van der Waals surface area contributed by atoms with Crippen LogP contribution in [0.5, 0.6) is 0 Å². The standard InChI is InChI=1S/C12H14ClNO2/c13-11-3-1-9(2-4-11)10(8-15)5-14-6-12(16)7-14/h1-4,8,10,12,16H,5-7H2. The maximum Gasteiger partial charge on any atom is 0.128 e. The van der Waals surface area contributed by atoms with E-state index in [4.69, 9.17) is 16.7 Å². The molecule has 1 aromatic rings. The molecule has 0 spiro atoms. The van der Waals surface area contributed by atoms with Gasteiger partial charge in [0.1, 0.15) is 6.29 Å². The first-order chi connectivity index (χ1) is 7.69. The van der Waals surface area contributed by atoms with E-state index in [2.05, 4.69) is 4.90 Å². The summed E-state index contributed by atoms with van der Waals surface area (Å²) in [4.78, 5) is 13.1. The van der Waals surface area contributed by atoms with Crippen LogP contribution in [0.25, 0.3) is 0 Å². The molecule has 2 rings (SSSR count). The van der Waals surface area contributed by atoms with Gasteiger partial charge in [0.2, 0.25) is 0 Å². The zero-order valence-corrected chi connectivity index (χ0v) is 9.60. The predicted molar refractivity (Wildman–Crippen MR) is 62.7 cm³/mol. The molecule has 3 nitrogen and oxygen atoms in total. The fourth-order valence-electron chi connectivity index (χ4n) is 1.91. The van der Waals surface area contributed by atoms with Crippen LogP contribution in [0.15, 0.2) is 24.3 Å². The number of rotatable bonds is 4. The number of hydrogen-bond acceptors (Lipinski definition) is 3. The summed E-state index contributed by atoms with van der Waals surface area (Å²) in [5.41, 5.74) is 0.973. The van der Waals surface area contributed by atoms with E-state index in [1.807, 2.05) is 12.1 Å².